The van der Waals surface area contributed by atoms with Crippen LogP contribution in [0.3, 0.4) is 0 Å². The number of hydrogen-bond donors (Lipinski definition) is 0. The molecular formula is C8H4ClF2N3O2. The second-order valence-corrected chi connectivity index (χ2v) is 2.96. The molecule has 0 N–H and O–H groups in total. The maximum Gasteiger partial charge on any atom is 0.287 e. The van der Waals surface area contributed by atoms with E-state index >= 15 is 0 Å². The fourth-order valence-corrected chi connectivity index (χ4v) is 1.36. The van der Waals surface area contributed by atoms with Gasteiger partial charge in [0.2, 0.25) is 0 Å². The number of hydrogen-bond acceptors (Lipinski definition) is 4. The lowest BCUT2D eigenvalue weighted by Crippen LogP contribution is -2.05. The summed E-state index contributed by atoms with van der Waals surface area (Å²) in [7, 11) is 0. The van der Waals surface area contributed by atoms with E-state index in [0.29, 0.717) is 0 Å². The molecular weight excluding hydrogens is 244 g/mol. The fourth-order valence-electron chi connectivity index (χ4n) is 1.17. The van der Waals surface area contributed by atoms with E-state index in [1.165, 1.54) is 6.07 Å². The van der Waals surface area contributed by atoms with Crippen molar-refractivity contribution in [3.8, 4) is 6.07 Å². The van der Waals surface area contributed by atoms with Crippen LogP contribution in [-0.2, 0) is 5.88 Å². The Labute approximate surface area is 93.4 Å². The number of halogens is 3. The third-order valence-corrected chi connectivity index (χ3v) is 2.10. The van der Waals surface area contributed by atoms with Crippen molar-refractivity contribution in [3.63, 3.8) is 0 Å². The monoisotopic (exact) mass is 247 g/mol. The molecule has 0 amide bonds. The first-order valence-electron chi connectivity index (χ1n) is 3.93. The molecule has 0 atom stereocenters. The smallest absolute Gasteiger partial charge is 0.258 e. The molecule has 1 aromatic rings. The molecule has 0 saturated carbocycles. The normalized spacial score (nSPS) is 10.2. The van der Waals surface area contributed by atoms with Crippen LogP contribution in [0.25, 0.3) is 0 Å². The van der Waals surface area contributed by atoms with Crippen molar-refractivity contribution in [2.24, 2.45) is 0 Å². The van der Waals surface area contributed by atoms with Crippen LogP contribution in [0.4, 0.5) is 14.5 Å². The van der Waals surface area contributed by atoms with Gasteiger partial charge in [0.25, 0.3) is 12.1 Å². The van der Waals surface area contributed by atoms with Gasteiger partial charge in [-0.2, -0.15) is 5.26 Å². The van der Waals surface area contributed by atoms with Crippen LogP contribution in [0.5, 0.6) is 0 Å². The lowest BCUT2D eigenvalue weighted by atomic mass is 10.1. The molecule has 0 aliphatic carbocycles. The lowest BCUT2D eigenvalue weighted by Gasteiger charge is -2.06. The Balaban J connectivity index is 3.61. The SMILES string of the molecule is N#Cc1ncc(CCl)c([N+](=O)[O-])c1C(F)F. The van der Waals surface area contributed by atoms with Crippen molar-refractivity contribution in [2.45, 2.75) is 12.3 Å². The summed E-state index contributed by atoms with van der Waals surface area (Å²) in [5.74, 6) is -0.325. The van der Waals surface area contributed by atoms with Crippen molar-refractivity contribution in [1.29, 1.82) is 5.26 Å². The summed E-state index contributed by atoms with van der Waals surface area (Å²) in [6.45, 7) is 0. The summed E-state index contributed by atoms with van der Waals surface area (Å²) >= 11 is 5.38. The zero-order valence-corrected chi connectivity index (χ0v) is 8.41. The topological polar surface area (TPSA) is 79.8 Å². The highest BCUT2D eigenvalue weighted by Crippen LogP contribution is 2.34. The summed E-state index contributed by atoms with van der Waals surface area (Å²) < 4.78 is 25.2. The molecule has 0 aliphatic heterocycles. The third-order valence-electron chi connectivity index (χ3n) is 1.81. The molecule has 16 heavy (non-hydrogen) atoms. The average Bonchev–Trinajstić information content (AvgIpc) is 2.26. The predicted octanol–water partition coefficient (Wildman–Crippen LogP) is 2.54. The molecule has 0 unspecified atom stereocenters. The van der Waals surface area contributed by atoms with Crippen LogP contribution in [0.2, 0.25) is 0 Å². The minimum atomic E-state index is -3.15. The maximum absolute atomic E-state index is 12.6. The van der Waals surface area contributed by atoms with Crippen LogP contribution in [0.15, 0.2) is 6.20 Å². The molecule has 8 heteroatoms. The van der Waals surface area contributed by atoms with Crippen LogP contribution in [0.1, 0.15) is 23.2 Å². The highest BCUT2D eigenvalue weighted by molar-refractivity contribution is 6.17. The summed E-state index contributed by atoms with van der Waals surface area (Å²) in [5, 5.41) is 19.2. The number of nitro groups is 1. The van der Waals surface area contributed by atoms with Gasteiger partial charge in [-0.25, -0.2) is 13.8 Å². The molecule has 1 heterocycles. The van der Waals surface area contributed by atoms with E-state index in [4.69, 9.17) is 16.9 Å². The first-order chi connectivity index (χ1) is 7.52. The number of pyridine rings is 1. The van der Waals surface area contributed by atoms with Gasteiger partial charge < -0.3 is 0 Å². The first kappa shape index (κ1) is 12.3. The second-order valence-electron chi connectivity index (χ2n) is 2.70. The first-order valence-corrected chi connectivity index (χ1v) is 4.46. The molecule has 84 valence electrons. The molecule has 1 aromatic heterocycles. The fraction of sp³-hybridized carbons (Fsp3) is 0.250. The van der Waals surface area contributed by atoms with E-state index in [2.05, 4.69) is 4.98 Å². The van der Waals surface area contributed by atoms with Crippen molar-refractivity contribution < 1.29 is 13.7 Å². The van der Waals surface area contributed by atoms with E-state index in [1.807, 2.05) is 0 Å². The Morgan fingerprint density at radius 3 is 2.69 bits per heavy atom. The zero-order chi connectivity index (χ0) is 12.3. The molecule has 0 bridgehead atoms. The Morgan fingerprint density at radius 1 is 1.69 bits per heavy atom. The van der Waals surface area contributed by atoms with Crippen LogP contribution >= 0.6 is 11.6 Å². The third kappa shape index (κ3) is 2.06. The van der Waals surface area contributed by atoms with Crippen molar-refractivity contribution in [3.05, 3.63) is 33.1 Å². The van der Waals surface area contributed by atoms with Crippen LogP contribution < -0.4 is 0 Å². The van der Waals surface area contributed by atoms with Gasteiger partial charge in [-0.1, -0.05) is 0 Å². The van der Waals surface area contributed by atoms with Crippen molar-refractivity contribution in [1.82, 2.24) is 4.98 Å². The molecule has 0 radical (unpaired) electrons. The minimum absolute atomic E-state index is 0.138. The number of aromatic nitrogens is 1. The Morgan fingerprint density at radius 2 is 2.31 bits per heavy atom. The Kier molecular flexibility index (Phi) is 3.68. The minimum Gasteiger partial charge on any atom is -0.258 e. The Bertz CT molecular complexity index is 473. The second kappa shape index (κ2) is 4.81. The number of nitrogens with zero attached hydrogens (tertiary/aromatic N) is 3. The van der Waals surface area contributed by atoms with E-state index in [0.717, 1.165) is 6.20 Å². The predicted molar refractivity (Wildman–Crippen MR) is 50.1 cm³/mol. The van der Waals surface area contributed by atoms with E-state index in [1.54, 1.807) is 0 Å². The quantitative estimate of drug-likeness (QED) is 0.467. The Hall–Kier alpha value is -1.81. The standard InChI is InChI=1S/C8H4ClF2N3O2/c9-1-4-3-13-5(2-12)6(8(10)11)7(4)14(15)16/h3,8H,1H2. The summed E-state index contributed by atoms with van der Waals surface area (Å²) in [6, 6.07) is 1.38. The van der Waals surface area contributed by atoms with E-state index < -0.39 is 28.3 Å². The number of rotatable bonds is 3. The van der Waals surface area contributed by atoms with Crippen LogP contribution in [0, 0.1) is 21.4 Å². The van der Waals surface area contributed by atoms with Gasteiger partial charge in [0.05, 0.1) is 16.4 Å². The molecule has 0 spiro atoms. The molecule has 0 fully saturated rings. The van der Waals surface area contributed by atoms with Gasteiger partial charge in [-0.15, -0.1) is 11.6 Å². The molecule has 1 rings (SSSR count). The summed E-state index contributed by atoms with van der Waals surface area (Å²) in [5.41, 5.74) is -2.61. The molecule has 0 saturated heterocycles. The van der Waals surface area contributed by atoms with Gasteiger partial charge in [0, 0.05) is 6.20 Å². The van der Waals surface area contributed by atoms with Gasteiger partial charge in [0.1, 0.15) is 11.6 Å². The molecule has 5 nitrogen and oxygen atoms in total. The van der Waals surface area contributed by atoms with Crippen molar-refractivity contribution >= 4 is 17.3 Å². The average molecular weight is 248 g/mol. The van der Waals surface area contributed by atoms with E-state index in [-0.39, 0.29) is 11.4 Å². The van der Waals surface area contributed by atoms with Crippen molar-refractivity contribution in [2.75, 3.05) is 0 Å². The summed E-state index contributed by atoms with van der Waals surface area (Å²) in [6.07, 6.45) is -2.19. The maximum atomic E-state index is 12.6. The zero-order valence-electron chi connectivity index (χ0n) is 7.65. The highest BCUT2D eigenvalue weighted by Gasteiger charge is 2.30. The molecule has 0 aliphatic rings. The number of alkyl halides is 3. The van der Waals surface area contributed by atoms with Gasteiger partial charge in [-0.05, 0) is 0 Å². The number of nitriles is 1. The van der Waals surface area contributed by atoms with Gasteiger partial charge >= 0.3 is 0 Å². The largest absolute Gasteiger partial charge is 0.287 e. The van der Waals surface area contributed by atoms with Gasteiger partial charge in [-0.3, -0.25) is 10.1 Å². The summed E-state index contributed by atoms with van der Waals surface area (Å²) in [4.78, 5) is 13.1. The lowest BCUT2D eigenvalue weighted by molar-refractivity contribution is -0.387. The molecule has 0 aromatic carbocycles. The highest BCUT2D eigenvalue weighted by atomic mass is 35.5. The van der Waals surface area contributed by atoms with E-state index in [9.17, 15) is 18.9 Å². The van der Waals surface area contributed by atoms with Gasteiger partial charge in [0.15, 0.2) is 5.69 Å². The van der Waals surface area contributed by atoms with Crippen LogP contribution in [-0.4, -0.2) is 9.91 Å².